The maximum Gasteiger partial charge on any atom is 0.252 e. The van der Waals surface area contributed by atoms with Crippen molar-refractivity contribution in [3.63, 3.8) is 0 Å². The second-order valence-electron chi connectivity index (χ2n) is 2.82. The second-order valence-corrected chi connectivity index (χ2v) is 3.95. The van der Waals surface area contributed by atoms with Crippen molar-refractivity contribution in [3.05, 3.63) is 35.4 Å². The fraction of sp³-hybridized carbons (Fsp3) is 0.200. The number of carbonyl (C=O) groups excluding carboxylic acids is 2. The van der Waals surface area contributed by atoms with Crippen LogP contribution in [0.5, 0.6) is 0 Å². The van der Waals surface area contributed by atoms with Gasteiger partial charge in [0.2, 0.25) is 0 Å². The topological polar surface area (TPSA) is 58.2 Å². The van der Waals surface area contributed by atoms with E-state index in [0.29, 0.717) is 22.0 Å². The molecule has 86 valence electrons. The minimum atomic E-state index is -0.280. The van der Waals surface area contributed by atoms with Crippen molar-refractivity contribution in [2.75, 3.05) is 10.9 Å². The van der Waals surface area contributed by atoms with Gasteiger partial charge in [0.15, 0.2) is 0 Å². The highest BCUT2D eigenvalue weighted by atomic mass is 79.9. The molecular weight excluding hydrogens is 340 g/mol. The van der Waals surface area contributed by atoms with Crippen LogP contribution in [0.3, 0.4) is 0 Å². The number of nitrogens with one attached hydrogen (secondary N) is 2. The van der Waals surface area contributed by atoms with Crippen LogP contribution < -0.4 is 10.6 Å². The lowest BCUT2D eigenvalue weighted by Crippen LogP contribution is -2.28. The smallest absolute Gasteiger partial charge is 0.252 e. The Hall–Kier alpha value is -0.880. The van der Waals surface area contributed by atoms with Crippen LogP contribution in [-0.2, 0) is 0 Å². The first-order valence-corrected chi connectivity index (χ1v) is 6.72. The Balaban J connectivity index is 3.00. The Labute approximate surface area is 110 Å². The highest BCUT2D eigenvalue weighted by Gasteiger charge is 2.15. The SMILES string of the molecule is O=C(NCBr)c1ccccc1C(=O)NCBr. The van der Waals surface area contributed by atoms with Crippen molar-refractivity contribution in [2.45, 2.75) is 0 Å². The molecule has 2 N–H and O–H groups in total. The minimum absolute atomic E-state index is 0.280. The summed E-state index contributed by atoms with van der Waals surface area (Å²) in [5.41, 5.74) is 1.42. The summed E-state index contributed by atoms with van der Waals surface area (Å²) in [7, 11) is 0. The molecular formula is C10H10Br2N2O2. The summed E-state index contributed by atoms with van der Waals surface area (Å²) in [4.78, 5) is 23.3. The summed E-state index contributed by atoms with van der Waals surface area (Å²) in [5, 5.41) is 5.17. The number of halogens is 2. The van der Waals surface area contributed by atoms with Gasteiger partial charge in [0, 0.05) is 0 Å². The van der Waals surface area contributed by atoms with Crippen LogP contribution in [0, 0.1) is 0 Å². The number of carbonyl (C=O) groups is 2. The highest BCUT2D eigenvalue weighted by Crippen LogP contribution is 2.08. The fourth-order valence-corrected chi connectivity index (χ4v) is 1.70. The predicted molar refractivity (Wildman–Crippen MR) is 69.0 cm³/mol. The average molecular weight is 350 g/mol. The summed E-state index contributed by atoms with van der Waals surface area (Å²) in [5.74, 6) is -0.561. The van der Waals surface area contributed by atoms with Crippen LogP contribution in [0.4, 0.5) is 0 Å². The van der Waals surface area contributed by atoms with Crippen molar-refractivity contribution >= 4 is 43.7 Å². The van der Waals surface area contributed by atoms with Gasteiger partial charge < -0.3 is 10.6 Å². The molecule has 0 saturated heterocycles. The molecule has 0 radical (unpaired) electrons. The average Bonchev–Trinajstić information content (AvgIpc) is 2.30. The van der Waals surface area contributed by atoms with E-state index in [4.69, 9.17) is 0 Å². The van der Waals surface area contributed by atoms with E-state index < -0.39 is 0 Å². The Bertz CT molecular complexity index is 359. The monoisotopic (exact) mass is 348 g/mol. The molecule has 4 nitrogen and oxygen atoms in total. The number of hydrogen-bond acceptors (Lipinski definition) is 2. The quantitative estimate of drug-likeness (QED) is 0.643. The lowest BCUT2D eigenvalue weighted by atomic mass is 10.1. The first-order valence-electron chi connectivity index (χ1n) is 4.48. The number of amides is 2. The Morgan fingerprint density at radius 2 is 1.31 bits per heavy atom. The van der Waals surface area contributed by atoms with Gasteiger partial charge in [-0.05, 0) is 12.1 Å². The molecule has 0 aliphatic rings. The summed E-state index contributed by atoms with van der Waals surface area (Å²) >= 11 is 6.20. The zero-order valence-corrected chi connectivity index (χ0v) is 11.5. The van der Waals surface area contributed by atoms with Crippen molar-refractivity contribution < 1.29 is 9.59 Å². The Morgan fingerprint density at radius 3 is 1.62 bits per heavy atom. The Kier molecular flexibility index (Phi) is 5.48. The number of hydrogen-bond donors (Lipinski definition) is 2. The summed E-state index contributed by atoms with van der Waals surface area (Å²) in [6, 6.07) is 6.66. The molecule has 1 aromatic carbocycles. The van der Waals surface area contributed by atoms with E-state index in [1.54, 1.807) is 24.3 Å². The lowest BCUT2D eigenvalue weighted by molar-refractivity contribution is 0.0927. The molecule has 0 aliphatic heterocycles. The van der Waals surface area contributed by atoms with Gasteiger partial charge in [-0.3, -0.25) is 9.59 Å². The van der Waals surface area contributed by atoms with E-state index in [-0.39, 0.29) is 11.8 Å². The molecule has 1 rings (SSSR count). The maximum absolute atomic E-state index is 11.6. The van der Waals surface area contributed by atoms with E-state index in [0.717, 1.165) is 0 Å². The first kappa shape index (κ1) is 13.2. The third-order valence-electron chi connectivity index (χ3n) is 1.87. The molecule has 1 aromatic rings. The zero-order chi connectivity index (χ0) is 12.0. The van der Waals surface area contributed by atoms with Gasteiger partial charge in [-0.25, -0.2) is 0 Å². The van der Waals surface area contributed by atoms with Crippen molar-refractivity contribution in [1.82, 2.24) is 10.6 Å². The highest BCUT2D eigenvalue weighted by molar-refractivity contribution is 9.09. The summed E-state index contributed by atoms with van der Waals surface area (Å²) < 4.78 is 0. The van der Waals surface area contributed by atoms with E-state index >= 15 is 0 Å². The molecule has 0 saturated carbocycles. The molecule has 0 aliphatic carbocycles. The van der Waals surface area contributed by atoms with Crippen LogP contribution in [0.25, 0.3) is 0 Å². The molecule has 2 amide bonds. The maximum atomic E-state index is 11.6. The Morgan fingerprint density at radius 1 is 0.938 bits per heavy atom. The lowest BCUT2D eigenvalue weighted by Gasteiger charge is -2.07. The van der Waals surface area contributed by atoms with Crippen LogP contribution in [0.1, 0.15) is 20.7 Å². The third kappa shape index (κ3) is 3.31. The van der Waals surface area contributed by atoms with Gasteiger partial charge in [-0.1, -0.05) is 44.0 Å². The molecule has 0 atom stereocenters. The van der Waals surface area contributed by atoms with Gasteiger partial charge in [0.05, 0.1) is 22.0 Å². The molecule has 0 aromatic heterocycles. The van der Waals surface area contributed by atoms with E-state index in [1.165, 1.54) is 0 Å². The van der Waals surface area contributed by atoms with Crippen LogP contribution >= 0.6 is 31.9 Å². The molecule has 6 heteroatoms. The molecule has 0 unspecified atom stereocenters. The third-order valence-corrected chi connectivity index (χ3v) is 2.43. The van der Waals surface area contributed by atoms with Crippen LogP contribution in [-0.4, -0.2) is 22.7 Å². The molecule has 0 heterocycles. The predicted octanol–water partition coefficient (Wildman–Crippen LogP) is 1.85. The van der Waals surface area contributed by atoms with Crippen molar-refractivity contribution in [2.24, 2.45) is 0 Å². The molecule has 0 fully saturated rings. The zero-order valence-electron chi connectivity index (χ0n) is 8.30. The fourth-order valence-electron chi connectivity index (χ4n) is 1.19. The molecule has 16 heavy (non-hydrogen) atoms. The van der Waals surface area contributed by atoms with Gasteiger partial charge >= 0.3 is 0 Å². The van der Waals surface area contributed by atoms with Gasteiger partial charge in [0.25, 0.3) is 11.8 Å². The van der Waals surface area contributed by atoms with Crippen LogP contribution in [0.2, 0.25) is 0 Å². The molecule has 0 spiro atoms. The normalized spacial score (nSPS) is 9.62. The minimum Gasteiger partial charge on any atom is -0.342 e. The number of rotatable bonds is 4. The number of benzene rings is 1. The van der Waals surface area contributed by atoms with Crippen molar-refractivity contribution in [1.29, 1.82) is 0 Å². The molecule has 0 bridgehead atoms. The van der Waals surface area contributed by atoms with E-state index in [9.17, 15) is 9.59 Å². The van der Waals surface area contributed by atoms with E-state index in [2.05, 4.69) is 42.5 Å². The number of alkyl halides is 2. The van der Waals surface area contributed by atoms with Gasteiger partial charge in [-0.2, -0.15) is 0 Å². The second kappa shape index (κ2) is 6.65. The summed E-state index contributed by atoms with van der Waals surface area (Å²) in [6.07, 6.45) is 0. The van der Waals surface area contributed by atoms with Crippen LogP contribution in [0.15, 0.2) is 24.3 Å². The van der Waals surface area contributed by atoms with Gasteiger partial charge in [-0.15, -0.1) is 0 Å². The van der Waals surface area contributed by atoms with E-state index in [1.807, 2.05) is 0 Å². The standard InChI is InChI=1S/C10H10Br2N2O2/c11-5-13-9(15)7-3-1-2-4-8(7)10(16)14-6-12/h1-4H,5-6H2,(H,13,15)(H,14,16). The largest absolute Gasteiger partial charge is 0.342 e. The van der Waals surface area contributed by atoms with Crippen molar-refractivity contribution in [3.8, 4) is 0 Å². The van der Waals surface area contributed by atoms with Gasteiger partial charge in [0.1, 0.15) is 0 Å². The first-order chi connectivity index (χ1) is 7.70. The summed E-state index contributed by atoms with van der Waals surface area (Å²) in [6.45, 7) is 0.